The van der Waals surface area contributed by atoms with Gasteiger partial charge in [0.1, 0.15) is 0 Å². The van der Waals surface area contributed by atoms with Crippen molar-refractivity contribution in [3.8, 4) is 0 Å². The quantitative estimate of drug-likeness (QED) is 0.559. The van der Waals surface area contributed by atoms with Crippen molar-refractivity contribution < 1.29 is 9.53 Å². The monoisotopic (exact) mass is 188 g/mol. The summed E-state index contributed by atoms with van der Waals surface area (Å²) in [6, 6.07) is 0. The Morgan fingerprint density at radius 3 is 2.69 bits per heavy atom. The van der Waals surface area contributed by atoms with Crippen molar-refractivity contribution in [3.63, 3.8) is 0 Å². The van der Waals surface area contributed by atoms with Gasteiger partial charge in [0.25, 0.3) is 0 Å². The highest BCUT2D eigenvalue weighted by atomic mass is 16.5. The molecule has 0 aromatic rings. The number of carbonyl (C=O) groups is 1. The number of amides is 1. The fourth-order valence-corrected chi connectivity index (χ4v) is 0.976. The van der Waals surface area contributed by atoms with Crippen molar-refractivity contribution in [1.29, 1.82) is 0 Å². The van der Waals surface area contributed by atoms with Gasteiger partial charge in [-0.2, -0.15) is 0 Å². The summed E-state index contributed by atoms with van der Waals surface area (Å²) in [6.45, 7) is 8.55. The molecule has 0 aromatic carbocycles. The Bertz CT molecular complexity index is 140. The third kappa shape index (κ3) is 9.30. The highest BCUT2D eigenvalue weighted by Crippen LogP contribution is 1.86. The largest absolute Gasteiger partial charge is 0.377 e. The summed E-state index contributed by atoms with van der Waals surface area (Å²) in [5.74, 6) is 0.0136. The van der Waals surface area contributed by atoms with Crippen LogP contribution in [-0.4, -0.2) is 38.3 Å². The van der Waals surface area contributed by atoms with Gasteiger partial charge in [-0.1, -0.05) is 0 Å². The van der Waals surface area contributed by atoms with Crippen LogP contribution in [0.25, 0.3) is 0 Å². The van der Waals surface area contributed by atoms with Crippen LogP contribution in [0.15, 0.2) is 0 Å². The summed E-state index contributed by atoms with van der Waals surface area (Å²) in [7, 11) is 0. The molecule has 0 radical (unpaired) electrons. The number of hydrogen-bond acceptors (Lipinski definition) is 3. The minimum Gasteiger partial charge on any atom is -0.377 e. The summed E-state index contributed by atoms with van der Waals surface area (Å²) in [5.41, 5.74) is 0. The second-order valence-electron chi connectivity index (χ2n) is 2.95. The molecule has 0 aliphatic heterocycles. The maximum Gasteiger partial charge on any atom is 0.216 e. The number of rotatable bonds is 7. The Morgan fingerprint density at radius 2 is 2.15 bits per heavy atom. The zero-order chi connectivity index (χ0) is 10.1. The lowest BCUT2D eigenvalue weighted by atomic mass is 10.4. The molecule has 0 heterocycles. The van der Waals surface area contributed by atoms with Crippen LogP contribution >= 0.6 is 0 Å². The van der Waals surface area contributed by atoms with Gasteiger partial charge in [-0.3, -0.25) is 4.79 Å². The lowest BCUT2D eigenvalue weighted by Crippen LogP contribution is -2.34. The standard InChI is InChI=1S/C9H20N2O2/c1-4-13-8(2)7-10-5-6-11-9(3)12/h8,10H,4-7H2,1-3H3,(H,11,12). The molecule has 4 nitrogen and oxygen atoms in total. The van der Waals surface area contributed by atoms with E-state index in [9.17, 15) is 4.79 Å². The predicted molar refractivity (Wildman–Crippen MR) is 52.6 cm³/mol. The molecule has 2 N–H and O–H groups in total. The minimum atomic E-state index is 0.0136. The Morgan fingerprint density at radius 1 is 1.46 bits per heavy atom. The molecule has 0 rings (SSSR count). The number of hydrogen-bond donors (Lipinski definition) is 2. The van der Waals surface area contributed by atoms with E-state index in [0.717, 1.165) is 19.7 Å². The van der Waals surface area contributed by atoms with Gasteiger partial charge in [0.15, 0.2) is 0 Å². The van der Waals surface area contributed by atoms with Crippen molar-refractivity contribution in [2.45, 2.75) is 26.9 Å². The maximum atomic E-state index is 10.5. The predicted octanol–water partition coefficient (Wildman–Crippen LogP) is 0.137. The molecule has 1 amide bonds. The molecule has 0 aromatic heterocycles. The van der Waals surface area contributed by atoms with Gasteiger partial charge in [-0.25, -0.2) is 0 Å². The van der Waals surface area contributed by atoms with E-state index in [-0.39, 0.29) is 12.0 Å². The summed E-state index contributed by atoms with van der Waals surface area (Å²) >= 11 is 0. The van der Waals surface area contributed by atoms with E-state index in [1.54, 1.807) is 0 Å². The Kier molecular flexibility index (Phi) is 7.63. The highest BCUT2D eigenvalue weighted by molar-refractivity contribution is 5.72. The number of ether oxygens (including phenoxy) is 1. The minimum absolute atomic E-state index is 0.0136. The molecule has 4 heteroatoms. The molecule has 0 aliphatic carbocycles. The van der Waals surface area contributed by atoms with Crippen LogP contribution in [-0.2, 0) is 9.53 Å². The van der Waals surface area contributed by atoms with E-state index in [1.807, 2.05) is 13.8 Å². The molecular formula is C9H20N2O2. The molecule has 78 valence electrons. The smallest absolute Gasteiger partial charge is 0.216 e. The van der Waals surface area contributed by atoms with E-state index in [2.05, 4.69) is 10.6 Å². The van der Waals surface area contributed by atoms with Crippen molar-refractivity contribution in [3.05, 3.63) is 0 Å². The fraction of sp³-hybridized carbons (Fsp3) is 0.889. The van der Waals surface area contributed by atoms with E-state index in [4.69, 9.17) is 4.74 Å². The molecule has 13 heavy (non-hydrogen) atoms. The van der Waals surface area contributed by atoms with Crippen LogP contribution in [0.1, 0.15) is 20.8 Å². The zero-order valence-electron chi connectivity index (χ0n) is 8.72. The van der Waals surface area contributed by atoms with Crippen LogP contribution in [0, 0.1) is 0 Å². The van der Waals surface area contributed by atoms with E-state index >= 15 is 0 Å². The van der Waals surface area contributed by atoms with Crippen LogP contribution < -0.4 is 10.6 Å². The Hall–Kier alpha value is -0.610. The van der Waals surface area contributed by atoms with E-state index in [1.165, 1.54) is 6.92 Å². The van der Waals surface area contributed by atoms with E-state index < -0.39 is 0 Å². The van der Waals surface area contributed by atoms with Crippen molar-refractivity contribution in [1.82, 2.24) is 10.6 Å². The SMILES string of the molecule is CCOC(C)CNCCNC(C)=O. The first-order valence-electron chi connectivity index (χ1n) is 4.73. The van der Waals surface area contributed by atoms with Gasteiger partial charge in [-0.15, -0.1) is 0 Å². The van der Waals surface area contributed by atoms with Gasteiger partial charge in [-0.05, 0) is 13.8 Å². The normalized spacial score (nSPS) is 12.5. The average Bonchev–Trinajstić information content (AvgIpc) is 2.03. The topological polar surface area (TPSA) is 50.4 Å². The van der Waals surface area contributed by atoms with Crippen molar-refractivity contribution >= 4 is 5.91 Å². The lowest BCUT2D eigenvalue weighted by molar-refractivity contribution is -0.118. The van der Waals surface area contributed by atoms with Gasteiger partial charge < -0.3 is 15.4 Å². The molecule has 0 saturated heterocycles. The van der Waals surface area contributed by atoms with Gasteiger partial charge in [0, 0.05) is 33.2 Å². The van der Waals surface area contributed by atoms with Crippen LogP contribution in [0.2, 0.25) is 0 Å². The molecular weight excluding hydrogens is 168 g/mol. The van der Waals surface area contributed by atoms with Gasteiger partial charge in [0.2, 0.25) is 5.91 Å². The molecule has 0 spiro atoms. The van der Waals surface area contributed by atoms with Crippen molar-refractivity contribution in [2.24, 2.45) is 0 Å². The molecule has 0 aliphatic rings. The van der Waals surface area contributed by atoms with Crippen LogP contribution in [0.4, 0.5) is 0 Å². The Labute approximate surface area is 80.0 Å². The zero-order valence-corrected chi connectivity index (χ0v) is 8.72. The second kappa shape index (κ2) is 8.01. The first kappa shape index (κ1) is 12.4. The van der Waals surface area contributed by atoms with Gasteiger partial charge >= 0.3 is 0 Å². The average molecular weight is 188 g/mol. The molecule has 1 atom stereocenters. The first-order chi connectivity index (χ1) is 6.16. The highest BCUT2D eigenvalue weighted by Gasteiger charge is 1.98. The third-order valence-corrected chi connectivity index (χ3v) is 1.56. The van der Waals surface area contributed by atoms with Crippen LogP contribution in [0.5, 0.6) is 0 Å². The second-order valence-corrected chi connectivity index (χ2v) is 2.95. The Balaban J connectivity index is 3.11. The summed E-state index contributed by atoms with van der Waals surface area (Å²) in [4.78, 5) is 10.5. The summed E-state index contributed by atoms with van der Waals surface area (Å²) in [6.07, 6.45) is 0.238. The lowest BCUT2D eigenvalue weighted by Gasteiger charge is -2.12. The molecule has 0 fully saturated rings. The number of carbonyl (C=O) groups excluding carboxylic acids is 1. The molecule has 0 bridgehead atoms. The van der Waals surface area contributed by atoms with Gasteiger partial charge in [0.05, 0.1) is 6.10 Å². The van der Waals surface area contributed by atoms with E-state index in [0.29, 0.717) is 6.54 Å². The third-order valence-electron chi connectivity index (χ3n) is 1.56. The molecule has 0 saturated carbocycles. The summed E-state index contributed by atoms with van der Waals surface area (Å²) in [5, 5.41) is 5.89. The maximum absolute atomic E-state index is 10.5. The fourth-order valence-electron chi connectivity index (χ4n) is 0.976. The molecule has 1 unspecified atom stereocenters. The van der Waals surface area contributed by atoms with Crippen molar-refractivity contribution in [2.75, 3.05) is 26.2 Å². The number of nitrogens with one attached hydrogen (secondary N) is 2. The summed E-state index contributed by atoms with van der Waals surface area (Å²) < 4.78 is 5.32. The van der Waals surface area contributed by atoms with Crippen LogP contribution in [0.3, 0.4) is 0 Å². The first-order valence-corrected chi connectivity index (χ1v) is 4.73.